The van der Waals surface area contributed by atoms with Crippen LogP contribution in [-0.4, -0.2) is 47.5 Å². The number of aromatic nitrogens is 2. The first kappa shape index (κ1) is 11.7. The van der Waals surface area contributed by atoms with Crippen LogP contribution in [0.1, 0.15) is 0 Å². The van der Waals surface area contributed by atoms with E-state index in [4.69, 9.17) is 25.3 Å². The van der Waals surface area contributed by atoms with E-state index in [2.05, 4.69) is 9.97 Å². The maximum Gasteiger partial charge on any atom is 0.509 e. The predicted octanol–water partition coefficient (Wildman–Crippen LogP) is -2.24. The van der Waals surface area contributed by atoms with E-state index in [0.717, 1.165) is 0 Å². The highest BCUT2D eigenvalue weighted by Crippen LogP contribution is 2.11. The Morgan fingerprint density at radius 3 is 2.80 bits per heavy atom. The summed E-state index contributed by atoms with van der Waals surface area (Å²) in [6, 6.07) is 0. The predicted molar refractivity (Wildman–Crippen MR) is 53.6 cm³/mol. The SMILES string of the molecule is COCCOc1nc(B(O)O)cnc1N. The molecule has 8 heteroatoms. The molecule has 1 aromatic rings. The highest BCUT2D eigenvalue weighted by atomic mass is 16.5. The fourth-order valence-electron chi connectivity index (χ4n) is 0.847. The van der Waals surface area contributed by atoms with Crippen molar-refractivity contribution in [2.75, 3.05) is 26.1 Å². The molecule has 0 aromatic carbocycles. The monoisotopic (exact) mass is 213 g/mol. The molecular weight excluding hydrogens is 201 g/mol. The Balaban J connectivity index is 2.72. The Kier molecular flexibility index (Phi) is 4.28. The van der Waals surface area contributed by atoms with Gasteiger partial charge in [0.2, 0.25) is 0 Å². The lowest BCUT2D eigenvalue weighted by atomic mass is 9.87. The Bertz CT molecular complexity index is 323. The number of methoxy groups -OCH3 is 1. The van der Waals surface area contributed by atoms with Gasteiger partial charge in [0.25, 0.3) is 5.88 Å². The van der Waals surface area contributed by atoms with Crippen LogP contribution in [0.15, 0.2) is 6.20 Å². The van der Waals surface area contributed by atoms with Gasteiger partial charge in [-0.3, -0.25) is 0 Å². The van der Waals surface area contributed by atoms with Gasteiger partial charge in [0, 0.05) is 13.3 Å². The van der Waals surface area contributed by atoms with Crippen LogP contribution in [0.3, 0.4) is 0 Å². The zero-order valence-electron chi connectivity index (χ0n) is 8.25. The number of anilines is 1. The molecule has 7 nitrogen and oxygen atoms in total. The highest BCUT2D eigenvalue weighted by molar-refractivity contribution is 6.57. The molecule has 0 unspecified atom stereocenters. The molecule has 0 fully saturated rings. The quantitative estimate of drug-likeness (QED) is 0.374. The average Bonchev–Trinajstić information content (AvgIpc) is 2.20. The summed E-state index contributed by atoms with van der Waals surface area (Å²) < 4.78 is 9.89. The number of ether oxygens (including phenoxy) is 2. The van der Waals surface area contributed by atoms with Gasteiger partial charge in [0.15, 0.2) is 5.82 Å². The van der Waals surface area contributed by atoms with Gasteiger partial charge < -0.3 is 25.3 Å². The van der Waals surface area contributed by atoms with Crippen LogP contribution in [0.2, 0.25) is 0 Å². The van der Waals surface area contributed by atoms with Crippen molar-refractivity contribution < 1.29 is 19.5 Å². The van der Waals surface area contributed by atoms with Crippen LogP contribution < -0.4 is 16.1 Å². The van der Waals surface area contributed by atoms with Crippen molar-refractivity contribution in [2.24, 2.45) is 0 Å². The largest absolute Gasteiger partial charge is 0.509 e. The number of nitrogens with two attached hydrogens (primary N) is 1. The van der Waals surface area contributed by atoms with Gasteiger partial charge >= 0.3 is 7.12 Å². The van der Waals surface area contributed by atoms with Gasteiger partial charge in [0.05, 0.1) is 12.2 Å². The lowest BCUT2D eigenvalue weighted by Crippen LogP contribution is -2.33. The maximum absolute atomic E-state index is 8.84. The number of rotatable bonds is 5. The second kappa shape index (κ2) is 5.49. The van der Waals surface area contributed by atoms with Gasteiger partial charge in [-0.05, 0) is 0 Å². The standard InChI is InChI=1S/C7H12BN3O4/c1-14-2-3-15-7-6(9)10-4-5(11-7)8(12)13/h4,12-13H,2-3H2,1H3,(H2,9,10). The van der Waals surface area contributed by atoms with E-state index in [0.29, 0.717) is 6.61 Å². The molecule has 82 valence electrons. The molecule has 0 aliphatic carbocycles. The number of nitrogen functional groups attached to an aromatic ring is 1. The van der Waals surface area contributed by atoms with E-state index in [1.807, 2.05) is 0 Å². The third-order valence-electron chi connectivity index (χ3n) is 1.58. The van der Waals surface area contributed by atoms with Crippen LogP contribution in [0, 0.1) is 0 Å². The molecule has 0 aliphatic rings. The summed E-state index contributed by atoms with van der Waals surface area (Å²) >= 11 is 0. The van der Waals surface area contributed by atoms with E-state index >= 15 is 0 Å². The highest BCUT2D eigenvalue weighted by Gasteiger charge is 2.16. The summed E-state index contributed by atoms with van der Waals surface area (Å²) in [5.41, 5.74) is 5.45. The number of nitrogens with zero attached hydrogens (tertiary/aromatic N) is 2. The fourth-order valence-corrected chi connectivity index (χ4v) is 0.847. The van der Waals surface area contributed by atoms with Crippen molar-refractivity contribution in [1.29, 1.82) is 0 Å². The van der Waals surface area contributed by atoms with Gasteiger partial charge in [-0.25, -0.2) is 9.97 Å². The molecule has 0 radical (unpaired) electrons. The lowest BCUT2D eigenvalue weighted by Gasteiger charge is -2.07. The summed E-state index contributed by atoms with van der Waals surface area (Å²) in [5, 5.41) is 17.7. The summed E-state index contributed by atoms with van der Waals surface area (Å²) in [4.78, 5) is 7.49. The Hall–Kier alpha value is -1.38. The third kappa shape index (κ3) is 3.35. The Morgan fingerprint density at radius 2 is 2.20 bits per heavy atom. The molecular formula is C7H12BN3O4. The molecule has 1 aromatic heterocycles. The molecule has 1 heterocycles. The summed E-state index contributed by atoms with van der Waals surface area (Å²) in [5.74, 6) is 0.160. The van der Waals surface area contributed by atoms with Crippen molar-refractivity contribution in [3.63, 3.8) is 0 Å². The van der Waals surface area contributed by atoms with Crippen LogP contribution in [0.5, 0.6) is 5.88 Å². The van der Waals surface area contributed by atoms with Gasteiger partial charge in [-0.1, -0.05) is 0 Å². The molecule has 0 spiro atoms. The topological polar surface area (TPSA) is 111 Å². The molecule has 0 saturated carbocycles. The van der Waals surface area contributed by atoms with Crippen LogP contribution >= 0.6 is 0 Å². The maximum atomic E-state index is 8.84. The normalized spacial score (nSPS) is 10.1. The molecule has 4 N–H and O–H groups in total. The van der Waals surface area contributed by atoms with Crippen molar-refractivity contribution in [1.82, 2.24) is 9.97 Å². The lowest BCUT2D eigenvalue weighted by molar-refractivity contribution is 0.144. The first-order valence-electron chi connectivity index (χ1n) is 4.25. The van der Waals surface area contributed by atoms with E-state index in [1.54, 1.807) is 0 Å². The molecule has 0 amide bonds. The van der Waals surface area contributed by atoms with Crippen LogP contribution in [0.25, 0.3) is 0 Å². The van der Waals surface area contributed by atoms with Crippen molar-refractivity contribution in [3.8, 4) is 5.88 Å². The first-order chi connectivity index (χ1) is 7.15. The second-order valence-corrected chi connectivity index (χ2v) is 2.70. The van der Waals surface area contributed by atoms with Crippen LogP contribution in [0.4, 0.5) is 5.82 Å². The third-order valence-corrected chi connectivity index (χ3v) is 1.58. The smallest absolute Gasteiger partial charge is 0.473 e. The summed E-state index contributed by atoms with van der Waals surface area (Å²) in [6.07, 6.45) is 1.17. The minimum atomic E-state index is -1.69. The van der Waals surface area contributed by atoms with Crippen molar-refractivity contribution >= 4 is 18.5 Å². The summed E-state index contributed by atoms with van der Waals surface area (Å²) in [7, 11) is -0.158. The molecule has 0 bridgehead atoms. The van der Waals surface area contributed by atoms with E-state index in [9.17, 15) is 0 Å². The minimum absolute atomic E-state index is 0.0170. The van der Waals surface area contributed by atoms with E-state index in [1.165, 1.54) is 13.3 Å². The average molecular weight is 213 g/mol. The van der Waals surface area contributed by atoms with Gasteiger partial charge in [0.1, 0.15) is 6.61 Å². The Morgan fingerprint density at radius 1 is 1.47 bits per heavy atom. The molecule has 1 rings (SSSR count). The zero-order valence-corrected chi connectivity index (χ0v) is 8.25. The first-order valence-corrected chi connectivity index (χ1v) is 4.25. The zero-order chi connectivity index (χ0) is 11.3. The molecule has 0 atom stereocenters. The summed E-state index contributed by atoms with van der Waals surface area (Å²) in [6.45, 7) is 0.646. The number of hydrogen-bond acceptors (Lipinski definition) is 7. The van der Waals surface area contributed by atoms with E-state index in [-0.39, 0.29) is 23.9 Å². The number of hydrogen-bond donors (Lipinski definition) is 3. The molecule has 0 aliphatic heterocycles. The minimum Gasteiger partial charge on any atom is -0.473 e. The van der Waals surface area contributed by atoms with Crippen LogP contribution in [-0.2, 0) is 4.74 Å². The van der Waals surface area contributed by atoms with Gasteiger partial charge in [-0.15, -0.1) is 0 Å². The molecule has 15 heavy (non-hydrogen) atoms. The van der Waals surface area contributed by atoms with Gasteiger partial charge in [-0.2, -0.15) is 0 Å². The van der Waals surface area contributed by atoms with Crippen molar-refractivity contribution in [3.05, 3.63) is 6.20 Å². The Labute approximate surface area is 87.0 Å². The van der Waals surface area contributed by atoms with E-state index < -0.39 is 7.12 Å². The van der Waals surface area contributed by atoms with Crippen molar-refractivity contribution in [2.45, 2.75) is 0 Å². The fraction of sp³-hybridized carbons (Fsp3) is 0.429. The molecule has 0 saturated heterocycles. The second-order valence-electron chi connectivity index (χ2n) is 2.70.